The van der Waals surface area contributed by atoms with E-state index in [1.807, 2.05) is 0 Å². The molecule has 2 aromatic rings. The van der Waals surface area contributed by atoms with Crippen LogP contribution in [-0.4, -0.2) is 38.3 Å². The first-order chi connectivity index (χ1) is 13.2. The molecule has 0 bridgehead atoms. The van der Waals surface area contributed by atoms with Crippen molar-refractivity contribution in [3.63, 3.8) is 0 Å². The van der Waals surface area contributed by atoms with E-state index >= 15 is 0 Å². The highest BCUT2D eigenvalue weighted by molar-refractivity contribution is 7.89. The fraction of sp³-hybridized carbons (Fsp3) is 0.389. The van der Waals surface area contributed by atoms with E-state index in [9.17, 15) is 26.4 Å². The third kappa shape index (κ3) is 4.56. The smallest absolute Gasteiger partial charge is 0.351 e. The summed E-state index contributed by atoms with van der Waals surface area (Å²) in [6.45, 7) is 1.09. The highest BCUT2D eigenvalue weighted by Gasteiger charge is 2.32. The second-order valence-electron chi connectivity index (χ2n) is 6.43. The standard InChI is InChI=1S/C18H19F3N2O3S2/c19-18(20,21)14-5-3-13(4-6-14)7-9-22-17(24)16-15(8-12-27-16)28(25,26)23-10-1-2-11-23/h3-6,8,12H,1-2,7,9-11H2,(H,22,24). The van der Waals surface area contributed by atoms with E-state index in [1.165, 1.54) is 22.5 Å². The third-order valence-electron chi connectivity index (χ3n) is 4.50. The summed E-state index contributed by atoms with van der Waals surface area (Å²) >= 11 is 1.05. The summed E-state index contributed by atoms with van der Waals surface area (Å²) in [7, 11) is -3.69. The van der Waals surface area contributed by atoms with Gasteiger partial charge in [0, 0.05) is 19.6 Å². The average molecular weight is 432 g/mol. The SMILES string of the molecule is O=C(NCCc1ccc(C(F)(F)F)cc1)c1sccc1S(=O)(=O)N1CCCC1. The lowest BCUT2D eigenvalue weighted by atomic mass is 10.1. The van der Waals surface area contributed by atoms with Crippen molar-refractivity contribution in [2.45, 2.75) is 30.3 Å². The van der Waals surface area contributed by atoms with Gasteiger partial charge in [-0.1, -0.05) is 12.1 Å². The van der Waals surface area contributed by atoms with Crippen molar-refractivity contribution < 1.29 is 26.4 Å². The number of carbonyl (C=O) groups is 1. The molecule has 10 heteroatoms. The van der Waals surface area contributed by atoms with E-state index in [-0.39, 0.29) is 16.3 Å². The summed E-state index contributed by atoms with van der Waals surface area (Å²) in [6.07, 6.45) is -2.44. The first kappa shape index (κ1) is 20.8. The van der Waals surface area contributed by atoms with Gasteiger partial charge >= 0.3 is 6.18 Å². The highest BCUT2D eigenvalue weighted by Crippen LogP contribution is 2.29. The normalized spacial score (nSPS) is 15.7. The van der Waals surface area contributed by atoms with Gasteiger partial charge in [-0.25, -0.2) is 8.42 Å². The molecular formula is C18H19F3N2O3S2. The molecule has 3 rings (SSSR count). The Hall–Kier alpha value is -1.91. The number of amides is 1. The molecule has 0 spiro atoms. The zero-order valence-electron chi connectivity index (χ0n) is 14.8. The fourth-order valence-electron chi connectivity index (χ4n) is 2.99. The quantitative estimate of drug-likeness (QED) is 0.760. The zero-order valence-corrected chi connectivity index (χ0v) is 16.5. The van der Waals surface area contributed by atoms with Crippen molar-refractivity contribution in [3.8, 4) is 0 Å². The Kier molecular flexibility index (Phi) is 6.11. The number of nitrogens with zero attached hydrogens (tertiary/aromatic N) is 1. The van der Waals surface area contributed by atoms with Crippen LogP contribution in [0.1, 0.15) is 33.6 Å². The third-order valence-corrected chi connectivity index (χ3v) is 7.48. The Balaban J connectivity index is 1.61. The number of carbonyl (C=O) groups excluding carboxylic acids is 1. The van der Waals surface area contributed by atoms with Gasteiger partial charge in [-0.3, -0.25) is 4.79 Å². The largest absolute Gasteiger partial charge is 0.416 e. The zero-order chi connectivity index (χ0) is 20.4. The summed E-state index contributed by atoms with van der Waals surface area (Å²) in [4.78, 5) is 12.6. The molecule has 1 N–H and O–H groups in total. The molecule has 1 fully saturated rings. The average Bonchev–Trinajstić information content (AvgIpc) is 3.33. The molecule has 152 valence electrons. The van der Waals surface area contributed by atoms with Gasteiger partial charge in [-0.15, -0.1) is 11.3 Å². The molecule has 0 aliphatic carbocycles. The summed E-state index contributed by atoms with van der Waals surface area (Å²) in [6, 6.07) is 6.16. The van der Waals surface area contributed by atoms with Crippen LogP contribution in [0.2, 0.25) is 0 Å². The Morgan fingerprint density at radius 3 is 2.36 bits per heavy atom. The number of hydrogen-bond donors (Lipinski definition) is 1. The van der Waals surface area contributed by atoms with E-state index in [4.69, 9.17) is 0 Å². The topological polar surface area (TPSA) is 66.5 Å². The minimum absolute atomic E-state index is 0.00595. The number of alkyl halides is 3. The van der Waals surface area contributed by atoms with Gasteiger partial charge in [-0.2, -0.15) is 17.5 Å². The van der Waals surface area contributed by atoms with Crippen LogP contribution in [0, 0.1) is 0 Å². The maximum Gasteiger partial charge on any atom is 0.416 e. The van der Waals surface area contributed by atoms with Crippen molar-refractivity contribution >= 4 is 27.3 Å². The molecule has 5 nitrogen and oxygen atoms in total. The minimum Gasteiger partial charge on any atom is -0.351 e. The van der Waals surface area contributed by atoms with Gasteiger partial charge in [0.05, 0.1) is 5.56 Å². The van der Waals surface area contributed by atoms with Crippen LogP contribution in [-0.2, 0) is 22.6 Å². The van der Waals surface area contributed by atoms with Crippen LogP contribution in [0.15, 0.2) is 40.6 Å². The summed E-state index contributed by atoms with van der Waals surface area (Å²) < 4.78 is 64.5. The molecule has 1 saturated heterocycles. The molecule has 2 heterocycles. The van der Waals surface area contributed by atoms with Crippen LogP contribution < -0.4 is 5.32 Å². The van der Waals surface area contributed by atoms with Crippen molar-refractivity contribution in [2.75, 3.05) is 19.6 Å². The number of rotatable bonds is 6. The molecule has 0 unspecified atom stereocenters. The molecular weight excluding hydrogens is 413 g/mol. The lowest BCUT2D eigenvalue weighted by Gasteiger charge is -2.15. The number of sulfonamides is 1. The Labute approximate surface area is 165 Å². The highest BCUT2D eigenvalue weighted by atomic mass is 32.2. The van der Waals surface area contributed by atoms with Gasteiger partial charge in [0.2, 0.25) is 10.0 Å². The minimum atomic E-state index is -4.39. The molecule has 0 saturated carbocycles. The van der Waals surface area contributed by atoms with Gasteiger partial charge < -0.3 is 5.32 Å². The second-order valence-corrected chi connectivity index (χ2v) is 9.25. The first-order valence-electron chi connectivity index (χ1n) is 8.71. The van der Waals surface area contributed by atoms with E-state index < -0.39 is 27.7 Å². The molecule has 1 aliphatic rings. The Bertz CT molecular complexity index is 932. The van der Waals surface area contributed by atoms with Crippen molar-refractivity contribution in [2.24, 2.45) is 0 Å². The van der Waals surface area contributed by atoms with Crippen molar-refractivity contribution in [3.05, 3.63) is 51.7 Å². The molecule has 0 atom stereocenters. The van der Waals surface area contributed by atoms with Gasteiger partial charge in [0.15, 0.2) is 0 Å². The van der Waals surface area contributed by atoms with E-state index in [1.54, 1.807) is 5.38 Å². The van der Waals surface area contributed by atoms with Crippen LogP contribution in [0.5, 0.6) is 0 Å². The number of nitrogens with one attached hydrogen (secondary N) is 1. The van der Waals surface area contributed by atoms with E-state index in [0.717, 1.165) is 36.3 Å². The number of hydrogen-bond acceptors (Lipinski definition) is 4. The van der Waals surface area contributed by atoms with Gasteiger partial charge in [0.1, 0.15) is 9.77 Å². The fourth-order valence-corrected chi connectivity index (χ4v) is 5.83. The predicted molar refractivity (Wildman–Crippen MR) is 99.8 cm³/mol. The molecule has 1 aliphatic heterocycles. The summed E-state index contributed by atoms with van der Waals surface area (Å²) in [5.41, 5.74) is -0.0833. The van der Waals surface area contributed by atoms with Crippen LogP contribution in [0.25, 0.3) is 0 Å². The van der Waals surface area contributed by atoms with Crippen molar-refractivity contribution in [1.29, 1.82) is 0 Å². The maximum absolute atomic E-state index is 12.7. The monoisotopic (exact) mass is 432 g/mol. The number of benzene rings is 1. The van der Waals surface area contributed by atoms with Crippen molar-refractivity contribution in [1.82, 2.24) is 9.62 Å². The number of thiophene rings is 1. The van der Waals surface area contributed by atoms with E-state index in [2.05, 4.69) is 5.32 Å². The van der Waals surface area contributed by atoms with Crippen LogP contribution in [0.4, 0.5) is 13.2 Å². The van der Waals surface area contributed by atoms with Gasteiger partial charge in [0.25, 0.3) is 5.91 Å². The number of halogens is 3. The van der Waals surface area contributed by atoms with Crippen LogP contribution in [0.3, 0.4) is 0 Å². The molecule has 1 aromatic carbocycles. The molecule has 1 aromatic heterocycles. The Morgan fingerprint density at radius 2 is 1.75 bits per heavy atom. The molecule has 28 heavy (non-hydrogen) atoms. The maximum atomic E-state index is 12.7. The summed E-state index contributed by atoms with van der Waals surface area (Å²) in [5.74, 6) is -0.500. The first-order valence-corrected chi connectivity index (χ1v) is 11.0. The molecule has 1 amide bonds. The predicted octanol–water partition coefficient (Wildman–Crippen LogP) is 3.52. The van der Waals surface area contributed by atoms with E-state index in [0.29, 0.717) is 25.1 Å². The second kappa shape index (κ2) is 8.22. The molecule has 0 radical (unpaired) electrons. The lowest BCUT2D eigenvalue weighted by Crippen LogP contribution is -2.31. The van der Waals surface area contributed by atoms with Gasteiger partial charge in [-0.05, 0) is 48.4 Å². The summed E-state index contributed by atoms with van der Waals surface area (Å²) in [5, 5.41) is 4.21. The Morgan fingerprint density at radius 1 is 1.11 bits per heavy atom. The van der Waals surface area contributed by atoms with Crippen LogP contribution >= 0.6 is 11.3 Å². The lowest BCUT2D eigenvalue weighted by molar-refractivity contribution is -0.137.